The Hall–Kier alpha value is -1.97. The Morgan fingerprint density at radius 2 is 2.19 bits per heavy atom. The zero-order valence-corrected chi connectivity index (χ0v) is 9.46. The van der Waals surface area contributed by atoms with Crippen LogP contribution in [-0.4, -0.2) is 15.8 Å². The number of nitrogens with one attached hydrogen (secondary N) is 1. The van der Waals surface area contributed by atoms with Crippen molar-refractivity contribution in [2.24, 2.45) is 0 Å². The van der Waals surface area contributed by atoms with Crippen LogP contribution in [0.5, 0.6) is 0 Å². The first-order valence-electron chi connectivity index (χ1n) is 4.86. The number of imidazole rings is 1. The van der Waals surface area contributed by atoms with E-state index in [1.807, 2.05) is 13.8 Å². The molecule has 0 bridgehead atoms. The van der Waals surface area contributed by atoms with Gasteiger partial charge in [-0.15, -0.1) is 0 Å². The van der Waals surface area contributed by atoms with Gasteiger partial charge in [0.2, 0.25) is 5.78 Å². The number of aromatic nitrogens is 2. The number of allylic oxidation sites excluding steroid dienone is 4. The summed E-state index contributed by atoms with van der Waals surface area (Å²) in [5, 5.41) is 0. The highest BCUT2D eigenvalue weighted by Crippen LogP contribution is 2.09. The summed E-state index contributed by atoms with van der Waals surface area (Å²) in [6.07, 6.45) is 5.03. The van der Waals surface area contributed by atoms with Crippen molar-refractivity contribution in [3.8, 4) is 0 Å². The third kappa shape index (κ3) is 4.04. The van der Waals surface area contributed by atoms with E-state index in [1.165, 1.54) is 18.6 Å². The van der Waals surface area contributed by atoms with Gasteiger partial charge in [0.05, 0.1) is 12.5 Å². The highest BCUT2D eigenvalue weighted by molar-refractivity contribution is 6.09. The van der Waals surface area contributed by atoms with E-state index in [0.29, 0.717) is 0 Å². The molecule has 86 valence electrons. The predicted octanol–water partition coefficient (Wildman–Crippen LogP) is 3.21. The van der Waals surface area contributed by atoms with Gasteiger partial charge in [0.15, 0.2) is 0 Å². The Labute approximate surface area is 94.4 Å². The average Bonchev–Trinajstić information content (AvgIpc) is 2.81. The van der Waals surface area contributed by atoms with Gasteiger partial charge < -0.3 is 4.98 Å². The Bertz CT molecular complexity index is 391. The van der Waals surface area contributed by atoms with Crippen molar-refractivity contribution >= 4 is 5.78 Å². The molecular weight excluding hydrogens is 207 g/mol. The summed E-state index contributed by atoms with van der Waals surface area (Å²) in [5.74, 6) is -1.05. The van der Waals surface area contributed by atoms with Gasteiger partial charge in [-0.05, 0) is 6.08 Å². The second-order valence-corrected chi connectivity index (χ2v) is 2.55. The molecular formula is C12H15FN2O. The lowest BCUT2D eigenvalue weighted by molar-refractivity contribution is 0.103. The number of hydrogen-bond acceptors (Lipinski definition) is 2. The van der Waals surface area contributed by atoms with Crippen molar-refractivity contribution in [1.29, 1.82) is 0 Å². The minimum atomic E-state index is -0.687. The quantitative estimate of drug-likeness (QED) is 0.483. The molecule has 0 radical (unpaired) electrons. The summed E-state index contributed by atoms with van der Waals surface area (Å²) in [7, 11) is 0. The van der Waals surface area contributed by atoms with E-state index in [2.05, 4.69) is 23.1 Å². The fraction of sp³-hybridized carbons (Fsp3) is 0.167. The largest absolute Gasteiger partial charge is 0.342 e. The van der Waals surface area contributed by atoms with Gasteiger partial charge in [0, 0.05) is 5.57 Å². The fourth-order valence-corrected chi connectivity index (χ4v) is 0.921. The van der Waals surface area contributed by atoms with E-state index >= 15 is 0 Å². The van der Waals surface area contributed by atoms with Crippen LogP contribution in [0.25, 0.3) is 0 Å². The molecule has 1 aromatic heterocycles. The number of H-pyrrole nitrogens is 1. The number of nitrogens with zero attached hydrogens (tertiary/aromatic N) is 1. The van der Waals surface area contributed by atoms with Crippen molar-refractivity contribution in [2.45, 2.75) is 13.8 Å². The topological polar surface area (TPSA) is 45.8 Å². The van der Waals surface area contributed by atoms with E-state index in [4.69, 9.17) is 0 Å². The number of aromatic amines is 1. The van der Waals surface area contributed by atoms with Crippen LogP contribution in [0.3, 0.4) is 0 Å². The standard InChI is InChI=1S/C10H9FN2O.C2H6/c1-3-8(4-7(2)11)10(14)9-5-12-6-13-9;1-2/h3-6H,1-2H2,(H,12,13);1-2H3/b8-4+;. The summed E-state index contributed by atoms with van der Waals surface area (Å²) in [6, 6.07) is 0. The summed E-state index contributed by atoms with van der Waals surface area (Å²) in [6.45, 7) is 10.5. The van der Waals surface area contributed by atoms with E-state index in [1.54, 1.807) is 0 Å². The lowest BCUT2D eigenvalue weighted by Gasteiger charge is -1.96. The van der Waals surface area contributed by atoms with E-state index < -0.39 is 5.83 Å². The summed E-state index contributed by atoms with van der Waals surface area (Å²) in [5.41, 5.74) is 0.430. The monoisotopic (exact) mass is 222 g/mol. The van der Waals surface area contributed by atoms with Crippen molar-refractivity contribution in [3.63, 3.8) is 0 Å². The second kappa shape index (κ2) is 7.34. The van der Waals surface area contributed by atoms with Crippen molar-refractivity contribution < 1.29 is 9.18 Å². The van der Waals surface area contributed by atoms with Gasteiger partial charge in [-0.3, -0.25) is 4.79 Å². The molecule has 0 aliphatic heterocycles. The molecule has 0 saturated carbocycles. The molecule has 0 aliphatic rings. The van der Waals surface area contributed by atoms with Crippen molar-refractivity contribution in [2.75, 3.05) is 0 Å². The highest BCUT2D eigenvalue weighted by Gasteiger charge is 2.10. The minimum absolute atomic E-state index is 0.141. The molecule has 1 heterocycles. The summed E-state index contributed by atoms with van der Waals surface area (Å²) in [4.78, 5) is 17.9. The third-order valence-electron chi connectivity index (χ3n) is 1.54. The van der Waals surface area contributed by atoms with E-state index in [-0.39, 0.29) is 17.1 Å². The predicted molar refractivity (Wildman–Crippen MR) is 62.8 cm³/mol. The van der Waals surface area contributed by atoms with Crippen LogP contribution in [0.15, 0.2) is 49.2 Å². The molecule has 1 rings (SSSR count). The zero-order valence-electron chi connectivity index (χ0n) is 9.46. The molecule has 0 atom stereocenters. The minimum Gasteiger partial charge on any atom is -0.342 e. The maximum Gasteiger partial charge on any atom is 0.210 e. The molecule has 0 aliphatic carbocycles. The van der Waals surface area contributed by atoms with Crippen LogP contribution in [0, 0.1) is 0 Å². The van der Waals surface area contributed by atoms with Gasteiger partial charge in [0.1, 0.15) is 11.5 Å². The van der Waals surface area contributed by atoms with Gasteiger partial charge in [-0.2, -0.15) is 0 Å². The van der Waals surface area contributed by atoms with Gasteiger partial charge in [-0.25, -0.2) is 9.37 Å². The molecule has 0 unspecified atom stereocenters. The van der Waals surface area contributed by atoms with Crippen LogP contribution < -0.4 is 0 Å². The number of hydrogen-bond donors (Lipinski definition) is 1. The number of rotatable bonds is 4. The summed E-state index contributed by atoms with van der Waals surface area (Å²) >= 11 is 0. The molecule has 16 heavy (non-hydrogen) atoms. The van der Waals surface area contributed by atoms with Gasteiger partial charge in [0.25, 0.3) is 0 Å². The Balaban J connectivity index is 0.00000106. The van der Waals surface area contributed by atoms with Crippen LogP contribution in [-0.2, 0) is 0 Å². The number of carbonyl (C=O) groups is 1. The van der Waals surface area contributed by atoms with Gasteiger partial charge in [-0.1, -0.05) is 33.1 Å². The van der Waals surface area contributed by atoms with Crippen LogP contribution in [0.4, 0.5) is 4.39 Å². The number of carbonyl (C=O) groups excluding carboxylic acids is 1. The molecule has 0 saturated heterocycles. The fourth-order valence-electron chi connectivity index (χ4n) is 0.921. The third-order valence-corrected chi connectivity index (χ3v) is 1.54. The number of halogens is 1. The molecule has 4 heteroatoms. The lowest BCUT2D eigenvalue weighted by atomic mass is 10.1. The molecule has 0 aromatic carbocycles. The SMILES string of the molecule is C=C/C(=C\C(=C)F)C(=O)c1cnc[nH]1.CC. The molecule has 0 spiro atoms. The van der Waals surface area contributed by atoms with E-state index in [9.17, 15) is 9.18 Å². The Morgan fingerprint density at radius 1 is 1.56 bits per heavy atom. The number of ketones is 1. The maximum atomic E-state index is 12.4. The Kier molecular flexibility index (Phi) is 6.43. The molecule has 0 fully saturated rings. The van der Waals surface area contributed by atoms with Crippen molar-refractivity contribution in [3.05, 3.63) is 54.9 Å². The average molecular weight is 222 g/mol. The molecule has 3 nitrogen and oxygen atoms in total. The first kappa shape index (κ1) is 14.0. The maximum absolute atomic E-state index is 12.4. The normalized spacial score (nSPS) is 10.1. The second-order valence-electron chi connectivity index (χ2n) is 2.55. The van der Waals surface area contributed by atoms with Crippen LogP contribution in [0.1, 0.15) is 24.3 Å². The Morgan fingerprint density at radius 3 is 2.56 bits per heavy atom. The van der Waals surface area contributed by atoms with Gasteiger partial charge >= 0.3 is 0 Å². The van der Waals surface area contributed by atoms with Crippen LogP contribution in [0.2, 0.25) is 0 Å². The lowest BCUT2D eigenvalue weighted by Crippen LogP contribution is -2.01. The smallest absolute Gasteiger partial charge is 0.210 e. The molecule has 1 aromatic rings. The van der Waals surface area contributed by atoms with E-state index in [0.717, 1.165) is 6.08 Å². The molecule has 1 N–H and O–H groups in total. The summed E-state index contributed by atoms with van der Waals surface area (Å²) < 4.78 is 12.4. The number of Topliss-reactive ketones (excluding diaryl/α,β-unsaturated/α-hetero) is 1. The van der Waals surface area contributed by atoms with Crippen molar-refractivity contribution in [1.82, 2.24) is 9.97 Å². The van der Waals surface area contributed by atoms with Crippen LogP contribution >= 0.6 is 0 Å². The zero-order chi connectivity index (χ0) is 12.6. The molecule has 0 amide bonds. The highest BCUT2D eigenvalue weighted by atomic mass is 19.1. The first-order valence-corrected chi connectivity index (χ1v) is 4.86. The first-order chi connectivity index (χ1) is 7.65.